The van der Waals surface area contributed by atoms with Crippen molar-refractivity contribution in [1.82, 2.24) is 4.90 Å². The fourth-order valence-corrected chi connectivity index (χ4v) is 3.13. The van der Waals surface area contributed by atoms with E-state index < -0.39 is 23.9 Å². The van der Waals surface area contributed by atoms with Crippen LogP contribution in [0.1, 0.15) is 0 Å². The number of urea groups is 1. The zero-order valence-corrected chi connectivity index (χ0v) is 11.9. The van der Waals surface area contributed by atoms with Crippen LogP contribution in [0.25, 0.3) is 0 Å². The number of thioether (sulfide) groups is 1. The normalized spacial score (nSPS) is 18.7. The molecule has 0 spiro atoms. The summed E-state index contributed by atoms with van der Waals surface area (Å²) >= 11 is 7.18. The smallest absolute Gasteiger partial charge is 0.327 e. The van der Waals surface area contributed by atoms with Gasteiger partial charge in [0.1, 0.15) is 11.9 Å². The van der Waals surface area contributed by atoms with Gasteiger partial charge in [-0.25, -0.2) is 14.0 Å². The highest BCUT2D eigenvalue weighted by atomic mass is 35.5. The molecule has 0 radical (unpaired) electrons. The van der Waals surface area contributed by atoms with Crippen molar-refractivity contribution >= 4 is 41.1 Å². The van der Waals surface area contributed by atoms with E-state index in [1.54, 1.807) is 0 Å². The summed E-state index contributed by atoms with van der Waals surface area (Å²) in [7, 11) is 0. The number of rotatable bonds is 2. The minimum absolute atomic E-state index is 0.157. The van der Waals surface area contributed by atoms with Crippen LogP contribution in [0.3, 0.4) is 0 Å². The highest BCUT2D eigenvalue weighted by molar-refractivity contribution is 7.99. The largest absolute Gasteiger partial charge is 0.480 e. The lowest BCUT2D eigenvalue weighted by molar-refractivity contribution is -0.141. The van der Waals surface area contributed by atoms with Gasteiger partial charge in [0, 0.05) is 28.8 Å². The Bertz CT molecular complexity index is 523. The Kier molecular flexibility index (Phi) is 4.72. The highest BCUT2D eigenvalue weighted by Crippen LogP contribution is 2.21. The molecule has 1 aromatic carbocycles. The second-order valence-corrected chi connectivity index (χ2v) is 5.80. The number of aliphatic carboxylic acids is 1. The van der Waals surface area contributed by atoms with Crippen LogP contribution < -0.4 is 5.32 Å². The second-order valence-electron chi connectivity index (χ2n) is 4.21. The van der Waals surface area contributed by atoms with Gasteiger partial charge in [-0.2, -0.15) is 11.8 Å². The quantitative estimate of drug-likeness (QED) is 0.879. The fourth-order valence-electron chi connectivity index (χ4n) is 1.87. The minimum atomic E-state index is -1.05. The monoisotopic (exact) mass is 318 g/mol. The number of carboxylic acids is 1. The zero-order valence-electron chi connectivity index (χ0n) is 10.3. The lowest BCUT2D eigenvalue weighted by Gasteiger charge is -2.32. The van der Waals surface area contributed by atoms with Crippen LogP contribution in [-0.4, -0.2) is 46.1 Å². The number of anilines is 1. The van der Waals surface area contributed by atoms with E-state index in [-0.39, 0.29) is 10.7 Å². The Labute approximate surface area is 124 Å². The summed E-state index contributed by atoms with van der Waals surface area (Å²) in [4.78, 5) is 24.4. The van der Waals surface area contributed by atoms with Gasteiger partial charge in [-0.3, -0.25) is 0 Å². The van der Waals surface area contributed by atoms with Crippen LogP contribution in [0.5, 0.6) is 0 Å². The van der Waals surface area contributed by atoms with Crippen LogP contribution >= 0.6 is 23.4 Å². The Hall–Kier alpha value is -1.47. The van der Waals surface area contributed by atoms with Gasteiger partial charge in [-0.15, -0.1) is 0 Å². The molecule has 1 atom stereocenters. The van der Waals surface area contributed by atoms with E-state index in [9.17, 15) is 14.0 Å². The van der Waals surface area contributed by atoms with Gasteiger partial charge < -0.3 is 15.3 Å². The Morgan fingerprint density at radius 2 is 2.20 bits per heavy atom. The summed E-state index contributed by atoms with van der Waals surface area (Å²) in [5.74, 6) is -0.616. The van der Waals surface area contributed by atoms with Gasteiger partial charge >= 0.3 is 12.0 Å². The summed E-state index contributed by atoms with van der Waals surface area (Å²) in [5, 5.41) is 11.7. The fraction of sp³-hybridized carbons (Fsp3) is 0.333. The molecular formula is C12H12ClFN2O3S. The number of hydrogen-bond donors (Lipinski definition) is 2. The molecule has 1 saturated heterocycles. The molecule has 2 N–H and O–H groups in total. The molecule has 1 aromatic rings. The number of halogens is 2. The Morgan fingerprint density at radius 3 is 2.85 bits per heavy atom. The van der Waals surface area contributed by atoms with E-state index >= 15 is 0 Å². The number of amides is 2. The average molecular weight is 319 g/mol. The van der Waals surface area contributed by atoms with Gasteiger partial charge in [0.25, 0.3) is 0 Å². The van der Waals surface area contributed by atoms with Crippen molar-refractivity contribution in [2.45, 2.75) is 6.04 Å². The average Bonchev–Trinajstić information content (AvgIpc) is 2.37. The molecule has 0 saturated carbocycles. The molecule has 8 heteroatoms. The molecule has 5 nitrogen and oxygen atoms in total. The molecule has 20 heavy (non-hydrogen) atoms. The third kappa shape index (κ3) is 3.55. The maximum Gasteiger partial charge on any atom is 0.327 e. The first kappa shape index (κ1) is 14.9. The predicted molar refractivity (Wildman–Crippen MR) is 75.9 cm³/mol. The van der Waals surface area contributed by atoms with Crippen molar-refractivity contribution in [2.75, 3.05) is 23.4 Å². The molecule has 1 fully saturated rings. The third-order valence-corrected chi connectivity index (χ3v) is 4.03. The standard InChI is InChI=1S/C12H12ClFN2O3S/c13-7-3-8(14)5-9(4-7)15-12(19)16-1-2-20-6-10(16)11(17)18/h3-5,10H,1-2,6H2,(H,15,19)(H,17,18). The SMILES string of the molecule is O=C(O)C1CSCCN1C(=O)Nc1cc(F)cc(Cl)c1. The van der Waals surface area contributed by atoms with Gasteiger partial charge in [0.05, 0.1) is 0 Å². The van der Waals surface area contributed by atoms with E-state index in [0.717, 1.165) is 12.1 Å². The minimum Gasteiger partial charge on any atom is -0.480 e. The molecule has 108 valence electrons. The van der Waals surface area contributed by atoms with Crippen molar-refractivity contribution in [2.24, 2.45) is 0 Å². The number of carbonyl (C=O) groups excluding carboxylic acids is 1. The van der Waals surface area contributed by atoms with Gasteiger partial charge in [-0.05, 0) is 18.2 Å². The summed E-state index contributed by atoms with van der Waals surface area (Å²) in [5.41, 5.74) is 0.197. The van der Waals surface area contributed by atoms with Crippen LogP contribution in [0.4, 0.5) is 14.9 Å². The number of carbonyl (C=O) groups is 2. The first-order chi connectivity index (χ1) is 9.47. The molecule has 1 unspecified atom stereocenters. The van der Waals surface area contributed by atoms with E-state index in [2.05, 4.69) is 5.32 Å². The van der Waals surface area contributed by atoms with Crippen molar-refractivity contribution in [3.63, 3.8) is 0 Å². The topological polar surface area (TPSA) is 69.6 Å². The van der Waals surface area contributed by atoms with E-state index in [1.807, 2.05) is 0 Å². The number of nitrogens with one attached hydrogen (secondary N) is 1. The molecule has 1 aliphatic heterocycles. The summed E-state index contributed by atoms with van der Waals surface area (Å²) in [6.45, 7) is 0.330. The highest BCUT2D eigenvalue weighted by Gasteiger charge is 2.32. The van der Waals surface area contributed by atoms with Gasteiger partial charge in [0.2, 0.25) is 0 Å². The number of benzene rings is 1. The molecule has 0 aliphatic carbocycles. The molecule has 1 aliphatic rings. The molecule has 0 aromatic heterocycles. The van der Waals surface area contributed by atoms with Crippen LogP contribution in [0.2, 0.25) is 5.02 Å². The van der Waals surface area contributed by atoms with Crippen LogP contribution in [0.15, 0.2) is 18.2 Å². The predicted octanol–water partition coefficient (Wildman–Crippen LogP) is 2.51. The van der Waals surface area contributed by atoms with Crippen molar-refractivity contribution < 1.29 is 19.1 Å². The summed E-state index contributed by atoms with van der Waals surface area (Å²) in [6, 6.07) is 2.20. The van der Waals surface area contributed by atoms with Gasteiger partial charge in [0.15, 0.2) is 0 Å². The van der Waals surface area contributed by atoms with Crippen molar-refractivity contribution in [1.29, 1.82) is 0 Å². The third-order valence-electron chi connectivity index (χ3n) is 2.79. The molecule has 2 amide bonds. The molecule has 2 rings (SSSR count). The first-order valence-electron chi connectivity index (χ1n) is 5.81. The van der Waals surface area contributed by atoms with Crippen molar-refractivity contribution in [3.8, 4) is 0 Å². The number of nitrogens with zero attached hydrogens (tertiary/aromatic N) is 1. The van der Waals surface area contributed by atoms with E-state index in [4.69, 9.17) is 16.7 Å². The molecular weight excluding hydrogens is 307 g/mol. The Morgan fingerprint density at radius 1 is 1.45 bits per heavy atom. The summed E-state index contributed by atoms with van der Waals surface area (Å²) in [6.07, 6.45) is 0. The summed E-state index contributed by atoms with van der Waals surface area (Å²) < 4.78 is 13.2. The molecule has 0 bridgehead atoms. The molecule has 1 heterocycles. The first-order valence-corrected chi connectivity index (χ1v) is 7.35. The van der Waals surface area contributed by atoms with Crippen LogP contribution in [0, 0.1) is 5.82 Å². The van der Waals surface area contributed by atoms with E-state index in [0.29, 0.717) is 18.1 Å². The maximum atomic E-state index is 13.2. The second kappa shape index (κ2) is 6.32. The number of hydrogen-bond acceptors (Lipinski definition) is 3. The lowest BCUT2D eigenvalue weighted by Crippen LogP contribution is -2.51. The van der Waals surface area contributed by atoms with E-state index in [1.165, 1.54) is 22.7 Å². The maximum absolute atomic E-state index is 13.2. The van der Waals surface area contributed by atoms with Crippen molar-refractivity contribution in [3.05, 3.63) is 29.0 Å². The Balaban J connectivity index is 2.11. The lowest BCUT2D eigenvalue weighted by atomic mass is 10.2. The number of carboxylic acid groups (broad SMARTS) is 1. The van der Waals surface area contributed by atoms with Gasteiger partial charge in [-0.1, -0.05) is 11.6 Å². The van der Waals surface area contributed by atoms with Crippen LogP contribution in [-0.2, 0) is 4.79 Å². The zero-order chi connectivity index (χ0) is 14.7.